The van der Waals surface area contributed by atoms with Gasteiger partial charge in [-0.25, -0.2) is 4.98 Å². The van der Waals surface area contributed by atoms with Crippen molar-refractivity contribution in [2.24, 2.45) is 0 Å². The molecule has 0 radical (unpaired) electrons. The van der Waals surface area contributed by atoms with Gasteiger partial charge in [0.05, 0.1) is 27.5 Å². The predicted octanol–water partition coefficient (Wildman–Crippen LogP) is 5.17. The normalized spacial score (nSPS) is 11.0. The lowest BCUT2D eigenvalue weighted by atomic mass is 10.2. The summed E-state index contributed by atoms with van der Waals surface area (Å²) in [5.74, 6) is 1.56. The molecule has 4 rings (SSSR count). The van der Waals surface area contributed by atoms with Crippen LogP contribution in [-0.4, -0.2) is 33.9 Å². The number of aryl methyl sites for hydroxylation is 2. The average Bonchev–Trinajstić information content (AvgIpc) is 3.35. The second kappa shape index (κ2) is 8.95. The van der Waals surface area contributed by atoms with Crippen LogP contribution < -0.4 is 14.8 Å². The number of rotatable bonds is 7. The zero-order valence-corrected chi connectivity index (χ0v) is 18.9. The molecule has 31 heavy (non-hydrogen) atoms. The Morgan fingerprint density at radius 2 is 1.84 bits per heavy atom. The third-order valence-corrected chi connectivity index (χ3v) is 5.96. The van der Waals surface area contributed by atoms with E-state index >= 15 is 0 Å². The number of carbonyl (C=O) groups is 1. The molecule has 1 amide bonds. The standard InChI is InChI=1S/C22H21ClN4O3S/c1-4-29-15-6-8-16(9-7-15)30-12-19(28)24-18-11-14(3)26-27(18)22-25-20-13(2)5-10-17(23)21(20)31-22/h5-11H,4,12H2,1-3H3,(H,24,28). The van der Waals surface area contributed by atoms with E-state index in [4.69, 9.17) is 21.1 Å². The highest BCUT2D eigenvalue weighted by Gasteiger charge is 2.17. The van der Waals surface area contributed by atoms with E-state index in [0.29, 0.717) is 28.3 Å². The molecule has 7 nitrogen and oxygen atoms in total. The largest absolute Gasteiger partial charge is 0.494 e. The van der Waals surface area contributed by atoms with E-state index in [9.17, 15) is 4.79 Å². The number of nitrogens with zero attached hydrogens (tertiary/aromatic N) is 3. The lowest BCUT2D eigenvalue weighted by Crippen LogP contribution is -2.21. The number of hydrogen-bond donors (Lipinski definition) is 1. The van der Waals surface area contributed by atoms with Crippen molar-refractivity contribution < 1.29 is 14.3 Å². The van der Waals surface area contributed by atoms with Crippen LogP contribution in [0.2, 0.25) is 5.02 Å². The van der Waals surface area contributed by atoms with Crippen LogP contribution in [-0.2, 0) is 4.79 Å². The van der Waals surface area contributed by atoms with Crippen molar-refractivity contribution in [1.82, 2.24) is 14.8 Å². The summed E-state index contributed by atoms with van der Waals surface area (Å²) in [5.41, 5.74) is 2.61. The number of ether oxygens (including phenoxy) is 2. The summed E-state index contributed by atoms with van der Waals surface area (Å²) < 4.78 is 13.5. The van der Waals surface area contributed by atoms with Gasteiger partial charge in [-0.1, -0.05) is 29.0 Å². The molecule has 9 heteroatoms. The summed E-state index contributed by atoms with van der Waals surface area (Å²) in [6.07, 6.45) is 0. The van der Waals surface area contributed by atoms with Gasteiger partial charge in [0.25, 0.3) is 5.91 Å². The number of aromatic nitrogens is 3. The van der Waals surface area contributed by atoms with Crippen LogP contribution in [0.1, 0.15) is 18.2 Å². The minimum Gasteiger partial charge on any atom is -0.494 e. The molecule has 0 aliphatic carbocycles. The summed E-state index contributed by atoms with van der Waals surface area (Å²) in [5, 5.41) is 8.61. The van der Waals surface area contributed by atoms with Gasteiger partial charge in [0.1, 0.15) is 17.3 Å². The number of carbonyl (C=O) groups excluding carboxylic acids is 1. The van der Waals surface area contributed by atoms with Crippen molar-refractivity contribution in [2.45, 2.75) is 20.8 Å². The van der Waals surface area contributed by atoms with E-state index in [2.05, 4.69) is 15.4 Å². The van der Waals surface area contributed by atoms with Gasteiger partial charge < -0.3 is 14.8 Å². The van der Waals surface area contributed by atoms with E-state index < -0.39 is 0 Å². The Morgan fingerprint density at radius 1 is 1.13 bits per heavy atom. The van der Waals surface area contributed by atoms with Crippen molar-refractivity contribution in [2.75, 3.05) is 18.5 Å². The summed E-state index contributed by atoms with van der Waals surface area (Å²) in [7, 11) is 0. The maximum absolute atomic E-state index is 12.5. The number of fused-ring (bicyclic) bond motifs is 1. The molecule has 0 saturated carbocycles. The Bertz CT molecular complexity index is 1190. The maximum Gasteiger partial charge on any atom is 0.263 e. The van der Waals surface area contributed by atoms with Gasteiger partial charge in [0, 0.05) is 6.07 Å². The van der Waals surface area contributed by atoms with Crippen LogP contribution in [0.15, 0.2) is 42.5 Å². The van der Waals surface area contributed by atoms with E-state index in [-0.39, 0.29) is 12.5 Å². The number of nitrogens with one attached hydrogen (secondary N) is 1. The highest BCUT2D eigenvalue weighted by Crippen LogP contribution is 2.34. The molecule has 0 aliphatic heterocycles. The Hall–Kier alpha value is -3.10. The number of benzene rings is 2. The van der Waals surface area contributed by atoms with E-state index in [1.54, 1.807) is 35.0 Å². The highest BCUT2D eigenvalue weighted by molar-refractivity contribution is 7.21. The molecule has 0 atom stereocenters. The Kier molecular flexibility index (Phi) is 6.11. The van der Waals surface area contributed by atoms with Crippen LogP contribution in [0.5, 0.6) is 11.5 Å². The molecular formula is C22H21ClN4O3S. The van der Waals surface area contributed by atoms with Crippen LogP contribution in [0.4, 0.5) is 5.82 Å². The van der Waals surface area contributed by atoms with Crippen LogP contribution >= 0.6 is 22.9 Å². The fourth-order valence-corrected chi connectivity index (χ4v) is 4.32. The number of anilines is 1. The molecule has 160 valence electrons. The summed E-state index contributed by atoms with van der Waals surface area (Å²) in [4.78, 5) is 17.2. The van der Waals surface area contributed by atoms with Crippen molar-refractivity contribution >= 4 is 44.9 Å². The van der Waals surface area contributed by atoms with Gasteiger partial charge in [-0.3, -0.25) is 4.79 Å². The number of hydrogen-bond acceptors (Lipinski definition) is 6. The Balaban J connectivity index is 1.49. The zero-order valence-electron chi connectivity index (χ0n) is 17.3. The molecule has 0 fully saturated rings. The lowest BCUT2D eigenvalue weighted by Gasteiger charge is -2.09. The summed E-state index contributed by atoms with van der Waals surface area (Å²) in [6.45, 7) is 6.22. The Morgan fingerprint density at radius 3 is 2.52 bits per heavy atom. The minimum atomic E-state index is -0.301. The van der Waals surface area contributed by atoms with Gasteiger partial charge in [-0.05, 0) is 56.7 Å². The van der Waals surface area contributed by atoms with E-state index in [1.807, 2.05) is 32.9 Å². The first-order valence-electron chi connectivity index (χ1n) is 9.73. The number of halogens is 1. The van der Waals surface area contributed by atoms with Gasteiger partial charge in [-0.15, -0.1) is 0 Å². The second-order valence-electron chi connectivity index (χ2n) is 6.86. The summed E-state index contributed by atoms with van der Waals surface area (Å²) in [6, 6.07) is 12.7. The third kappa shape index (κ3) is 4.65. The second-order valence-corrected chi connectivity index (χ2v) is 8.25. The first-order chi connectivity index (χ1) is 14.9. The fraction of sp³-hybridized carbons (Fsp3) is 0.227. The van der Waals surface area contributed by atoms with Crippen molar-refractivity contribution in [3.63, 3.8) is 0 Å². The number of amides is 1. The smallest absolute Gasteiger partial charge is 0.263 e. The molecule has 0 spiro atoms. The molecular weight excluding hydrogens is 436 g/mol. The number of thiazole rings is 1. The van der Waals surface area contributed by atoms with Crippen LogP contribution in [0.25, 0.3) is 15.3 Å². The van der Waals surface area contributed by atoms with E-state index in [1.165, 1.54) is 11.3 Å². The average molecular weight is 457 g/mol. The van der Waals surface area contributed by atoms with Gasteiger partial charge in [0.2, 0.25) is 5.13 Å². The van der Waals surface area contributed by atoms with Gasteiger partial charge >= 0.3 is 0 Å². The molecule has 1 N–H and O–H groups in total. The summed E-state index contributed by atoms with van der Waals surface area (Å²) >= 11 is 7.76. The molecule has 0 aliphatic rings. The maximum atomic E-state index is 12.5. The molecule has 0 unspecified atom stereocenters. The molecule has 2 aromatic heterocycles. The first kappa shape index (κ1) is 21.1. The van der Waals surface area contributed by atoms with Gasteiger partial charge in [0.15, 0.2) is 6.61 Å². The zero-order chi connectivity index (χ0) is 22.0. The van der Waals surface area contributed by atoms with Gasteiger partial charge in [-0.2, -0.15) is 9.78 Å². The third-order valence-electron chi connectivity index (χ3n) is 4.47. The predicted molar refractivity (Wildman–Crippen MR) is 123 cm³/mol. The first-order valence-corrected chi connectivity index (χ1v) is 10.9. The van der Waals surface area contributed by atoms with Crippen molar-refractivity contribution in [1.29, 1.82) is 0 Å². The molecule has 2 heterocycles. The monoisotopic (exact) mass is 456 g/mol. The van der Waals surface area contributed by atoms with Crippen LogP contribution in [0.3, 0.4) is 0 Å². The van der Waals surface area contributed by atoms with Crippen LogP contribution in [0, 0.1) is 13.8 Å². The minimum absolute atomic E-state index is 0.136. The highest BCUT2D eigenvalue weighted by atomic mass is 35.5. The quantitative estimate of drug-likeness (QED) is 0.415. The van der Waals surface area contributed by atoms with Crippen molar-refractivity contribution in [3.05, 3.63) is 58.7 Å². The van der Waals surface area contributed by atoms with E-state index in [0.717, 1.165) is 27.2 Å². The Labute approximate surface area is 188 Å². The molecule has 0 saturated heterocycles. The molecule has 0 bridgehead atoms. The lowest BCUT2D eigenvalue weighted by molar-refractivity contribution is -0.118. The molecule has 2 aromatic carbocycles. The topological polar surface area (TPSA) is 78.3 Å². The fourth-order valence-electron chi connectivity index (χ4n) is 3.04. The molecule has 4 aromatic rings. The van der Waals surface area contributed by atoms with Crippen molar-refractivity contribution in [3.8, 4) is 16.6 Å². The SMILES string of the molecule is CCOc1ccc(OCC(=O)Nc2cc(C)nn2-c2nc3c(C)ccc(Cl)c3s2)cc1.